The highest BCUT2D eigenvalue weighted by Gasteiger charge is 2.64. The quantitative estimate of drug-likeness (QED) is 0.683. The van der Waals surface area contributed by atoms with Crippen molar-refractivity contribution in [2.24, 2.45) is 11.3 Å². The maximum atomic E-state index is 10.2. The van der Waals surface area contributed by atoms with Crippen LogP contribution in [0.25, 0.3) is 0 Å². The third-order valence-corrected chi connectivity index (χ3v) is 7.63. The zero-order valence-corrected chi connectivity index (χ0v) is 13.7. The summed E-state index contributed by atoms with van der Waals surface area (Å²) in [6.45, 7) is 4.73. The van der Waals surface area contributed by atoms with E-state index in [0.717, 1.165) is 44.9 Å². The molecule has 3 aliphatic carbocycles. The van der Waals surface area contributed by atoms with Gasteiger partial charge in [0.1, 0.15) is 0 Å². The van der Waals surface area contributed by atoms with E-state index in [1.807, 2.05) is 0 Å². The van der Waals surface area contributed by atoms with Crippen LogP contribution in [0.4, 0.5) is 0 Å². The second kappa shape index (κ2) is 3.96. The zero-order chi connectivity index (χ0) is 15.2. The summed E-state index contributed by atoms with van der Waals surface area (Å²) >= 11 is 0. The van der Waals surface area contributed by atoms with Crippen LogP contribution < -0.4 is 0 Å². The molecule has 0 unspecified atom stereocenters. The molecule has 2 bridgehead atoms. The lowest BCUT2D eigenvalue weighted by atomic mass is 9.59. The summed E-state index contributed by atoms with van der Waals surface area (Å²) in [5.41, 5.74) is 4.50. The van der Waals surface area contributed by atoms with E-state index >= 15 is 0 Å². The lowest BCUT2D eigenvalue weighted by Crippen LogP contribution is -2.54. The highest BCUT2D eigenvalue weighted by Crippen LogP contribution is 2.66. The molecule has 5 atom stereocenters. The number of fused-ring (bicyclic) bond motifs is 1. The Morgan fingerprint density at radius 1 is 1.27 bits per heavy atom. The van der Waals surface area contributed by atoms with E-state index in [9.17, 15) is 5.11 Å². The molecule has 2 heteroatoms. The molecular weight excluding hydrogens is 272 g/mol. The first-order valence-electron chi connectivity index (χ1n) is 8.96. The van der Waals surface area contributed by atoms with E-state index < -0.39 is 0 Å². The van der Waals surface area contributed by atoms with Gasteiger partial charge < -0.3 is 9.84 Å². The lowest BCUT2D eigenvalue weighted by molar-refractivity contribution is -0.141. The Kier molecular flexibility index (Phi) is 2.44. The molecule has 22 heavy (non-hydrogen) atoms. The van der Waals surface area contributed by atoms with E-state index in [0.29, 0.717) is 5.92 Å². The van der Waals surface area contributed by atoms with Gasteiger partial charge in [-0.1, -0.05) is 30.7 Å². The van der Waals surface area contributed by atoms with Gasteiger partial charge in [0.2, 0.25) is 0 Å². The van der Waals surface area contributed by atoms with Crippen molar-refractivity contribution in [2.45, 2.75) is 76.1 Å². The molecule has 0 radical (unpaired) electrons. The highest BCUT2D eigenvalue weighted by molar-refractivity contribution is 5.49. The molecule has 1 saturated heterocycles. The minimum absolute atomic E-state index is 0.0815. The van der Waals surface area contributed by atoms with Crippen LogP contribution in [0.15, 0.2) is 34.9 Å². The minimum atomic E-state index is -0.184. The summed E-state index contributed by atoms with van der Waals surface area (Å²) in [6, 6.07) is 0. The minimum Gasteiger partial charge on any atom is -0.393 e. The molecular formula is C20H26O2. The molecule has 0 aromatic heterocycles. The number of aliphatic hydroxyl groups excluding tert-OH is 1. The monoisotopic (exact) mass is 298 g/mol. The van der Waals surface area contributed by atoms with E-state index in [1.54, 1.807) is 5.57 Å². The molecule has 1 saturated carbocycles. The van der Waals surface area contributed by atoms with Gasteiger partial charge >= 0.3 is 0 Å². The van der Waals surface area contributed by atoms with Crippen molar-refractivity contribution < 1.29 is 9.84 Å². The maximum Gasteiger partial charge on any atom is 0.0980 e. The van der Waals surface area contributed by atoms with E-state index in [4.69, 9.17) is 4.74 Å². The Balaban J connectivity index is 1.65. The van der Waals surface area contributed by atoms with Gasteiger partial charge in [-0.15, -0.1) is 0 Å². The van der Waals surface area contributed by atoms with Gasteiger partial charge in [-0.2, -0.15) is 0 Å². The first kappa shape index (κ1) is 13.6. The van der Waals surface area contributed by atoms with E-state index in [2.05, 4.69) is 32.1 Å². The molecule has 118 valence electrons. The molecule has 0 aromatic rings. The summed E-state index contributed by atoms with van der Waals surface area (Å²) in [6.07, 6.45) is 14.4. The number of hydrogen-bond donors (Lipinski definition) is 1. The number of rotatable bonds is 0. The fourth-order valence-corrected chi connectivity index (χ4v) is 6.16. The molecule has 5 rings (SSSR count). The van der Waals surface area contributed by atoms with Gasteiger partial charge in [0, 0.05) is 12.3 Å². The lowest BCUT2D eigenvalue weighted by Gasteiger charge is -2.53. The average molecular weight is 298 g/mol. The highest BCUT2D eigenvalue weighted by atomic mass is 16.5. The number of allylic oxidation sites excluding steroid dienone is 3. The van der Waals surface area contributed by atoms with Crippen molar-refractivity contribution in [3.63, 3.8) is 0 Å². The fourth-order valence-electron chi connectivity index (χ4n) is 6.16. The summed E-state index contributed by atoms with van der Waals surface area (Å²) in [4.78, 5) is 0. The molecule has 2 heterocycles. The van der Waals surface area contributed by atoms with Gasteiger partial charge in [-0.3, -0.25) is 0 Å². The van der Waals surface area contributed by atoms with Crippen molar-refractivity contribution in [2.75, 3.05) is 0 Å². The first-order chi connectivity index (χ1) is 10.5. The van der Waals surface area contributed by atoms with Crippen LogP contribution in [0.2, 0.25) is 0 Å². The Morgan fingerprint density at radius 2 is 2.14 bits per heavy atom. The second-order valence-electron chi connectivity index (χ2n) is 8.51. The summed E-state index contributed by atoms with van der Waals surface area (Å²) in [7, 11) is 0. The van der Waals surface area contributed by atoms with Crippen LogP contribution in [0.3, 0.4) is 0 Å². The fraction of sp³-hybridized carbons (Fsp3) is 0.700. The first-order valence-corrected chi connectivity index (χ1v) is 8.96. The standard InChI is InChI=1S/C20H26O2/c1-13-3-6-17-18(13,2)8-7-15-11-14-4-5-16(21)12-19(14)9-10-20(15,17)22-19/h3,7,11,16-17,21H,4-6,8-10,12H2,1-2H3/t16-,17+,18+,19+,20+/m0/s1. The number of aliphatic hydroxyl groups is 1. The molecule has 2 aliphatic heterocycles. The number of hydrogen-bond acceptors (Lipinski definition) is 2. The van der Waals surface area contributed by atoms with Crippen LogP contribution in [0.1, 0.15) is 58.8 Å². The van der Waals surface area contributed by atoms with Crippen LogP contribution >= 0.6 is 0 Å². The van der Waals surface area contributed by atoms with Gasteiger partial charge in [-0.25, -0.2) is 0 Å². The second-order valence-corrected chi connectivity index (χ2v) is 8.51. The Bertz CT molecular complexity index is 642. The predicted molar refractivity (Wildman–Crippen MR) is 86.4 cm³/mol. The van der Waals surface area contributed by atoms with Crippen LogP contribution in [0, 0.1) is 11.3 Å². The van der Waals surface area contributed by atoms with Gasteiger partial charge in [-0.05, 0) is 62.0 Å². The molecule has 0 aromatic carbocycles. The van der Waals surface area contributed by atoms with Crippen molar-refractivity contribution >= 4 is 0 Å². The smallest absolute Gasteiger partial charge is 0.0980 e. The Morgan fingerprint density at radius 3 is 3.00 bits per heavy atom. The molecule has 2 spiro atoms. The van der Waals surface area contributed by atoms with Gasteiger partial charge in [0.15, 0.2) is 0 Å². The van der Waals surface area contributed by atoms with E-state index in [1.165, 1.54) is 11.1 Å². The SMILES string of the molecule is CC1=CC[C@@H]2[C@]1(C)CC=C1C=C3CC[C@H](O)C[C@]34CC[C@@]12O4. The zero-order valence-electron chi connectivity index (χ0n) is 13.7. The van der Waals surface area contributed by atoms with Crippen molar-refractivity contribution in [3.05, 3.63) is 34.9 Å². The third-order valence-electron chi connectivity index (χ3n) is 7.63. The van der Waals surface area contributed by atoms with Crippen molar-refractivity contribution in [1.82, 2.24) is 0 Å². The van der Waals surface area contributed by atoms with Gasteiger partial charge in [0.25, 0.3) is 0 Å². The largest absolute Gasteiger partial charge is 0.393 e. The molecule has 0 amide bonds. The molecule has 1 N–H and O–H groups in total. The van der Waals surface area contributed by atoms with Crippen LogP contribution in [0.5, 0.6) is 0 Å². The topological polar surface area (TPSA) is 29.5 Å². The predicted octanol–water partition coefficient (Wildman–Crippen LogP) is 4.06. The number of ether oxygens (including phenoxy) is 1. The molecule has 2 fully saturated rings. The summed E-state index contributed by atoms with van der Waals surface area (Å²) in [5, 5.41) is 10.2. The maximum absolute atomic E-state index is 10.2. The molecule has 2 nitrogen and oxygen atoms in total. The Labute approximate surface area is 132 Å². The molecule has 5 aliphatic rings. The average Bonchev–Trinajstić information content (AvgIpc) is 2.95. The third kappa shape index (κ3) is 1.40. The normalized spacial score (nSPS) is 52.2. The van der Waals surface area contributed by atoms with Crippen LogP contribution in [-0.4, -0.2) is 22.4 Å². The summed E-state index contributed by atoms with van der Waals surface area (Å²) < 4.78 is 6.95. The Hall–Kier alpha value is -0.860. The van der Waals surface area contributed by atoms with Gasteiger partial charge in [0.05, 0.1) is 17.3 Å². The van der Waals surface area contributed by atoms with Crippen LogP contribution in [-0.2, 0) is 4.74 Å². The van der Waals surface area contributed by atoms with Crippen molar-refractivity contribution in [1.29, 1.82) is 0 Å². The van der Waals surface area contributed by atoms with Crippen molar-refractivity contribution in [3.8, 4) is 0 Å². The van der Waals surface area contributed by atoms with E-state index in [-0.39, 0.29) is 22.7 Å². The summed E-state index contributed by atoms with van der Waals surface area (Å²) in [5.74, 6) is 0.580.